The predicted molar refractivity (Wildman–Crippen MR) is 173 cm³/mol. The highest BCUT2D eigenvalue weighted by Crippen LogP contribution is 2.48. The van der Waals surface area contributed by atoms with E-state index in [1.165, 1.54) is 21.7 Å². The number of carbonyl (C=O) groups is 1. The first-order valence-electron chi connectivity index (χ1n) is 16.9. The summed E-state index contributed by atoms with van der Waals surface area (Å²) >= 11 is 0. The number of nitrogens with two attached hydrogens (primary N) is 2. The van der Waals surface area contributed by atoms with E-state index < -0.39 is 66.2 Å². The van der Waals surface area contributed by atoms with Gasteiger partial charge < -0.3 is 50.8 Å². The Morgan fingerprint density at radius 2 is 1.19 bits per heavy atom. The third-order valence-electron chi connectivity index (χ3n) is 10.7. The van der Waals surface area contributed by atoms with Crippen molar-refractivity contribution in [3.05, 3.63) is 48.3 Å². The Hall–Kier alpha value is -5.15. The lowest BCUT2D eigenvalue weighted by Gasteiger charge is -2.31. The molecule has 2 saturated heterocycles. The molecule has 8 N–H and O–H groups in total. The highest BCUT2D eigenvalue weighted by atomic mass is 16.7. The Morgan fingerprint density at radius 1 is 0.788 bits per heavy atom. The van der Waals surface area contributed by atoms with Gasteiger partial charge in [0.1, 0.15) is 84.7 Å². The molecular weight excluding hydrogens is 680 g/mol. The zero-order valence-corrected chi connectivity index (χ0v) is 27.5. The van der Waals surface area contributed by atoms with Crippen LogP contribution >= 0.6 is 0 Å². The minimum absolute atomic E-state index is 0.165. The van der Waals surface area contributed by atoms with Crippen molar-refractivity contribution in [2.45, 2.75) is 98.6 Å². The van der Waals surface area contributed by atoms with E-state index in [9.17, 15) is 35.7 Å². The van der Waals surface area contributed by atoms with E-state index in [4.69, 9.17) is 30.4 Å². The van der Waals surface area contributed by atoms with Crippen LogP contribution in [0.4, 0.5) is 16.4 Å². The number of rotatable bonds is 10. The second kappa shape index (κ2) is 12.5. The average Bonchev–Trinajstić information content (AvgIpc) is 4.05. The van der Waals surface area contributed by atoms with Crippen LogP contribution in [0.2, 0.25) is 0 Å². The molecule has 0 bridgehead atoms. The van der Waals surface area contributed by atoms with Gasteiger partial charge in [-0.05, 0) is 61.8 Å². The van der Waals surface area contributed by atoms with E-state index in [2.05, 4.69) is 20.2 Å². The van der Waals surface area contributed by atoms with Crippen LogP contribution in [0.15, 0.2) is 36.9 Å². The van der Waals surface area contributed by atoms with Gasteiger partial charge in [-0.25, -0.2) is 23.8 Å². The molecule has 19 heteroatoms. The monoisotopic (exact) mass is 716 g/mol. The lowest BCUT2D eigenvalue weighted by atomic mass is 9.88. The van der Waals surface area contributed by atoms with Gasteiger partial charge in [0.25, 0.3) is 0 Å². The van der Waals surface area contributed by atoms with Gasteiger partial charge in [0.05, 0.1) is 11.4 Å². The summed E-state index contributed by atoms with van der Waals surface area (Å²) in [5, 5.41) is 73.6. The number of fused-ring (bicyclic) bond motifs is 2. The van der Waals surface area contributed by atoms with Crippen LogP contribution in [-0.4, -0.2) is 104 Å². The minimum Gasteiger partial charge on any atom is -0.431 e. The van der Waals surface area contributed by atoms with E-state index in [1.54, 1.807) is 24.3 Å². The Kier molecular flexibility index (Phi) is 8.17. The summed E-state index contributed by atoms with van der Waals surface area (Å²) in [7, 11) is 0. The molecule has 0 radical (unpaired) electrons. The number of ether oxygens (including phenoxy) is 4. The van der Waals surface area contributed by atoms with E-state index in [0.717, 1.165) is 0 Å². The number of nitriles is 2. The van der Waals surface area contributed by atoms with Gasteiger partial charge in [0, 0.05) is 12.8 Å². The van der Waals surface area contributed by atoms with Gasteiger partial charge in [0.2, 0.25) is 0 Å². The number of aliphatic hydroxyl groups is 4. The second-order valence-corrected chi connectivity index (χ2v) is 14.0. The Bertz CT molecular complexity index is 1960. The quantitative estimate of drug-likeness (QED) is 0.120. The number of aromatic nitrogens is 6. The van der Waals surface area contributed by atoms with Crippen molar-refractivity contribution >= 4 is 28.8 Å². The molecule has 2 unspecified atom stereocenters. The molecule has 0 aromatic carbocycles. The molecule has 4 aromatic heterocycles. The fraction of sp³-hybridized carbons (Fsp3) is 0.545. The van der Waals surface area contributed by atoms with Crippen molar-refractivity contribution in [1.82, 2.24) is 29.2 Å². The maximum Gasteiger partial charge on any atom is 0.508 e. The zero-order valence-electron chi connectivity index (χ0n) is 27.5. The molecular formula is C33H36N10O9. The topological polar surface area (TPSA) is 295 Å². The fourth-order valence-corrected chi connectivity index (χ4v) is 7.49. The normalized spacial score (nSPS) is 32.7. The molecule has 19 nitrogen and oxygen atoms in total. The first-order valence-corrected chi connectivity index (χ1v) is 16.9. The first-order chi connectivity index (χ1) is 25.0. The smallest absolute Gasteiger partial charge is 0.431 e. The molecule has 8 rings (SSSR count). The molecule has 2 saturated carbocycles. The SMILES string of the molecule is N#C[C@@]1(CC(OC(=O)OC(C[C@]2(C#N)O[C@@H](c3ccc4c(N)ncnn34)[C@H](O)[C@@H]2O)C2CC2)C2CC2)O[C@@H](c2ccc3c(N)ncnn23)[C@H](O)[C@@H]1O. The van der Waals surface area contributed by atoms with Crippen LogP contribution in [0, 0.1) is 34.5 Å². The van der Waals surface area contributed by atoms with Crippen molar-refractivity contribution in [1.29, 1.82) is 10.5 Å². The molecule has 2 aliphatic carbocycles. The van der Waals surface area contributed by atoms with Gasteiger partial charge >= 0.3 is 6.16 Å². The van der Waals surface area contributed by atoms with Crippen molar-refractivity contribution in [3.8, 4) is 12.1 Å². The van der Waals surface area contributed by atoms with E-state index in [0.29, 0.717) is 48.1 Å². The first kappa shape index (κ1) is 34.0. The van der Waals surface area contributed by atoms with Gasteiger partial charge in [-0.2, -0.15) is 20.7 Å². The van der Waals surface area contributed by atoms with Crippen molar-refractivity contribution in [2.75, 3.05) is 11.5 Å². The van der Waals surface area contributed by atoms with Crippen LogP contribution in [-0.2, 0) is 18.9 Å². The van der Waals surface area contributed by atoms with Crippen LogP contribution in [0.25, 0.3) is 11.0 Å². The fourth-order valence-electron chi connectivity index (χ4n) is 7.49. The molecule has 2 aliphatic heterocycles. The highest BCUT2D eigenvalue weighted by molar-refractivity contribution is 5.66. The molecule has 6 heterocycles. The summed E-state index contributed by atoms with van der Waals surface area (Å²) in [6, 6.07) is 10.5. The summed E-state index contributed by atoms with van der Waals surface area (Å²) in [6.45, 7) is 0. The standard InChI is InChI=1S/C33H36N10O9/c34-11-32(27(46)23(44)25(51-32)17-5-7-19-29(36)38-13-40-42(17)19)9-21(15-1-2-15)49-31(48)50-22(16-3-4-16)10-33(12-35)28(47)24(45)26(52-33)18-6-8-20-30(37)39-14-41-43(18)20/h5-8,13-16,21-28,44-47H,1-4,9-10H2,(H2,36,38,40)(H2,37,39,41)/t21?,22?,23-,24-,25-,26-,27-,28-,32+,33+/m0/s1. The number of carbonyl (C=O) groups excluding carboxylic acids is 1. The third kappa shape index (κ3) is 5.53. The van der Waals surface area contributed by atoms with Crippen molar-refractivity contribution < 1.29 is 44.2 Å². The van der Waals surface area contributed by atoms with Crippen LogP contribution in [0.1, 0.15) is 62.1 Å². The van der Waals surface area contributed by atoms with Crippen molar-refractivity contribution in [3.63, 3.8) is 0 Å². The van der Waals surface area contributed by atoms with E-state index in [-0.39, 0.29) is 36.3 Å². The lowest BCUT2D eigenvalue weighted by molar-refractivity contribution is -0.0981. The zero-order chi connectivity index (χ0) is 36.5. The van der Waals surface area contributed by atoms with Gasteiger partial charge in [-0.3, -0.25) is 0 Å². The Labute approximate surface area is 294 Å². The predicted octanol–water partition coefficient (Wildman–Crippen LogP) is 0.238. The molecule has 272 valence electrons. The van der Waals surface area contributed by atoms with E-state index in [1.807, 2.05) is 12.1 Å². The molecule has 52 heavy (non-hydrogen) atoms. The molecule has 4 aromatic rings. The highest BCUT2D eigenvalue weighted by Gasteiger charge is 2.60. The summed E-state index contributed by atoms with van der Waals surface area (Å²) in [5.74, 6) is 0.0443. The molecule has 4 aliphatic rings. The summed E-state index contributed by atoms with van der Waals surface area (Å²) in [6.07, 6.45) is -7.11. The van der Waals surface area contributed by atoms with Crippen LogP contribution in [0.3, 0.4) is 0 Å². The number of hydrogen-bond donors (Lipinski definition) is 6. The number of nitrogen functional groups attached to an aromatic ring is 2. The number of aliphatic hydroxyl groups excluding tert-OH is 4. The summed E-state index contributed by atoms with van der Waals surface area (Å²) < 4.78 is 26.6. The number of nitrogens with zero attached hydrogens (tertiary/aromatic N) is 8. The van der Waals surface area contributed by atoms with Gasteiger partial charge in [0.15, 0.2) is 22.8 Å². The number of hydrogen-bond acceptors (Lipinski definition) is 17. The minimum atomic E-state index is -1.97. The second-order valence-electron chi connectivity index (χ2n) is 14.0. The summed E-state index contributed by atoms with van der Waals surface area (Å²) in [5.41, 5.74) is 9.53. The van der Waals surface area contributed by atoms with Crippen molar-refractivity contribution in [2.24, 2.45) is 11.8 Å². The van der Waals surface area contributed by atoms with Crippen LogP contribution in [0.5, 0.6) is 0 Å². The molecule has 0 spiro atoms. The summed E-state index contributed by atoms with van der Waals surface area (Å²) in [4.78, 5) is 21.3. The lowest BCUT2D eigenvalue weighted by Crippen LogP contribution is -2.46. The maximum absolute atomic E-state index is 13.4. The van der Waals surface area contributed by atoms with E-state index >= 15 is 0 Å². The maximum atomic E-state index is 13.4. The molecule has 0 amide bonds. The number of anilines is 2. The molecule has 10 atom stereocenters. The third-order valence-corrected chi connectivity index (χ3v) is 10.7. The average molecular weight is 717 g/mol. The molecule has 4 fully saturated rings. The Balaban J connectivity index is 0.980. The van der Waals surface area contributed by atoms with Crippen LogP contribution < -0.4 is 11.5 Å². The largest absolute Gasteiger partial charge is 0.508 e. The van der Waals surface area contributed by atoms with Gasteiger partial charge in [-0.1, -0.05) is 0 Å². The van der Waals surface area contributed by atoms with Gasteiger partial charge in [-0.15, -0.1) is 0 Å². The Morgan fingerprint density at radius 3 is 1.56 bits per heavy atom.